The Morgan fingerprint density at radius 1 is 0.792 bits per heavy atom. The van der Waals surface area contributed by atoms with Crippen molar-refractivity contribution in [3.8, 4) is 0 Å². The summed E-state index contributed by atoms with van der Waals surface area (Å²) >= 11 is 0. The molecule has 8 nitrogen and oxygen atoms in total. The quantitative estimate of drug-likeness (QED) is 0.106. The molecule has 0 aliphatic heterocycles. The third-order valence-corrected chi connectivity index (χ3v) is 14.4. The highest BCUT2D eigenvalue weighted by Crippen LogP contribution is 2.74. The summed E-state index contributed by atoms with van der Waals surface area (Å²) in [5.74, 6) is -0.00131. The lowest BCUT2D eigenvalue weighted by Gasteiger charge is -2.69. The van der Waals surface area contributed by atoms with Crippen LogP contribution in [0.15, 0.2) is 11.1 Å². The molecule has 0 heterocycles. The van der Waals surface area contributed by atoms with E-state index < -0.39 is 29.2 Å². The number of hydrogen-bond acceptors (Lipinski definition) is 8. The van der Waals surface area contributed by atoms with Crippen LogP contribution in [0.5, 0.6) is 0 Å². The molecule has 0 bridgehead atoms. The van der Waals surface area contributed by atoms with E-state index in [1.807, 2.05) is 41.5 Å². The lowest BCUT2D eigenvalue weighted by molar-refractivity contribution is -0.218. The van der Waals surface area contributed by atoms with Crippen molar-refractivity contribution in [1.82, 2.24) is 0 Å². The molecular formula is C45H74O8. The van der Waals surface area contributed by atoms with Crippen molar-refractivity contribution in [2.75, 3.05) is 0 Å². The van der Waals surface area contributed by atoms with Crippen LogP contribution in [0.1, 0.15) is 168 Å². The number of hydrogen-bond donors (Lipinski definition) is 1. The smallest absolute Gasteiger partial charge is 0.306 e. The first-order valence-electron chi connectivity index (χ1n) is 20.8. The molecule has 0 spiro atoms. The number of ether oxygens (including phenoxy) is 3. The van der Waals surface area contributed by atoms with Gasteiger partial charge in [0, 0.05) is 43.4 Å². The normalized spacial score (nSPS) is 32.9. The molecule has 3 fully saturated rings. The second-order valence-electron chi connectivity index (χ2n) is 20.7. The second-order valence-corrected chi connectivity index (χ2v) is 20.7. The molecule has 302 valence electrons. The molecule has 0 radical (unpaired) electrons. The van der Waals surface area contributed by atoms with E-state index in [2.05, 4.69) is 41.5 Å². The maximum Gasteiger partial charge on any atom is 0.306 e. The Kier molecular flexibility index (Phi) is 12.9. The van der Waals surface area contributed by atoms with Crippen LogP contribution in [-0.4, -0.2) is 52.7 Å². The van der Waals surface area contributed by atoms with Crippen LogP contribution in [-0.2, 0) is 33.4 Å². The molecule has 4 rings (SSSR count). The number of ketones is 1. The van der Waals surface area contributed by atoms with E-state index in [4.69, 9.17) is 14.2 Å². The first-order chi connectivity index (χ1) is 24.3. The van der Waals surface area contributed by atoms with Crippen LogP contribution < -0.4 is 0 Å². The molecule has 1 N–H and O–H groups in total. The largest absolute Gasteiger partial charge is 0.462 e. The van der Waals surface area contributed by atoms with Gasteiger partial charge in [-0.2, -0.15) is 0 Å². The highest BCUT2D eigenvalue weighted by Gasteiger charge is 2.70. The molecule has 0 saturated heterocycles. The first-order valence-corrected chi connectivity index (χ1v) is 20.8. The molecule has 4 aliphatic carbocycles. The highest BCUT2D eigenvalue weighted by atomic mass is 16.6. The fourth-order valence-corrected chi connectivity index (χ4v) is 11.8. The number of allylic oxidation sites excluding steroid dienone is 1. The van der Waals surface area contributed by atoms with Crippen LogP contribution in [0, 0.1) is 57.2 Å². The molecule has 9 atom stereocenters. The van der Waals surface area contributed by atoms with Gasteiger partial charge in [-0.15, -0.1) is 0 Å². The van der Waals surface area contributed by atoms with Gasteiger partial charge in [0.2, 0.25) is 0 Å². The van der Waals surface area contributed by atoms with Gasteiger partial charge in [-0.1, -0.05) is 94.2 Å². The SMILES string of the molecule is CC(C)CC(=O)O[C@@H](C[C@@H](C)C1=C2C[C@H](OC(=O)CC(C)C)[C@H]3[C@@]4(C)CCC(=O)C(C)(C)[C@@H]4CC[C@]3(C)[C@@]2(C)CC1)[C@@H](OC(=O)CC(C)C)C(C)(C)O. The van der Waals surface area contributed by atoms with Crippen LogP contribution in [0.2, 0.25) is 0 Å². The van der Waals surface area contributed by atoms with Crippen LogP contribution >= 0.6 is 0 Å². The van der Waals surface area contributed by atoms with E-state index in [1.54, 1.807) is 13.8 Å². The Hall–Kier alpha value is -2.22. The Morgan fingerprint density at radius 2 is 1.34 bits per heavy atom. The van der Waals surface area contributed by atoms with Gasteiger partial charge < -0.3 is 19.3 Å². The number of rotatable bonds is 14. The van der Waals surface area contributed by atoms with Gasteiger partial charge in [0.25, 0.3) is 0 Å². The summed E-state index contributed by atoms with van der Waals surface area (Å²) in [6.07, 6.45) is 4.74. The van der Waals surface area contributed by atoms with E-state index in [-0.39, 0.29) is 82.6 Å². The molecule has 0 unspecified atom stereocenters. The highest BCUT2D eigenvalue weighted by molar-refractivity contribution is 5.85. The van der Waals surface area contributed by atoms with E-state index in [0.29, 0.717) is 31.5 Å². The third-order valence-electron chi connectivity index (χ3n) is 14.4. The van der Waals surface area contributed by atoms with Crippen molar-refractivity contribution < 1.29 is 38.5 Å². The topological polar surface area (TPSA) is 116 Å². The van der Waals surface area contributed by atoms with Crippen molar-refractivity contribution in [2.45, 2.75) is 191 Å². The zero-order valence-electron chi connectivity index (χ0n) is 35.8. The molecule has 0 aromatic rings. The molecule has 3 saturated carbocycles. The maximum atomic E-state index is 13.6. The molecular weight excluding hydrogens is 668 g/mol. The summed E-state index contributed by atoms with van der Waals surface area (Å²) < 4.78 is 18.8. The van der Waals surface area contributed by atoms with Crippen LogP contribution in [0.4, 0.5) is 0 Å². The Morgan fingerprint density at radius 3 is 1.89 bits per heavy atom. The summed E-state index contributed by atoms with van der Waals surface area (Å²) in [6, 6.07) is 0. The number of aliphatic hydroxyl groups is 1. The van der Waals surface area contributed by atoms with Gasteiger partial charge in [0.15, 0.2) is 6.10 Å². The van der Waals surface area contributed by atoms with E-state index in [1.165, 1.54) is 11.1 Å². The Balaban J connectivity index is 1.78. The van der Waals surface area contributed by atoms with Crippen molar-refractivity contribution in [3.05, 3.63) is 11.1 Å². The van der Waals surface area contributed by atoms with Crippen LogP contribution in [0.25, 0.3) is 0 Å². The Bertz CT molecular complexity index is 1420. The minimum atomic E-state index is -1.46. The number of Topliss-reactive ketones (excluding diaryl/α,β-unsaturated/α-hetero) is 1. The molecule has 0 aromatic heterocycles. The molecule has 0 amide bonds. The van der Waals surface area contributed by atoms with E-state index >= 15 is 0 Å². The predicted molar refractivity (Wildman–Crippen MR) is 208 cm³/mol. The summed E-state index contributed by atoms with van der Waals surface area (Å²) in [6.45, 7) is 28.8. The van der Waals surface area contributed by atoms with Crippen molar-refractivity contribution in [1.29, 1.82) is 0 Å². The van der Waals surface area contributed by atoms with Crippen molar-refractivity contribution in [2.24, 2.45) is 57.2 Å². The van der Waals surface area contributed by atoms with E-state index in [9.17, 15) is 24.3 Å². The number of esters is 3. The van der Waals surface area contributed by atoms with Gasteiger partial charge in [-0.25, -0.2) is 0 Å². The number of fused-ring (bicyclic) bond motifs is 5. The summed E-state index contributed by atoms with van der Waals surface area (Å²) in [5.41, 5.74) is 0.292. The van der Waals surface area contributed by atoms with Crippen molar-refractivity contribution >= 4 is 23.7 Å². The molecule has 53 heavy (non-hydrogen) atoms. The molecule has 8 heteroatoms. The lowest BCUT2D eigenvalue weighted by Crippen LogP contribution is -2.66. The lowest BCUT2D eigenvalue weighted by atomic mass is 9.36. The van der Waals surface area contributed by atoms with Gasteiger partial charge in [-0.3, -0.25) is 19.2 Å². The average Bonchev–Trinajstić information content (AvgIpc) is 3.33. The fourth-order valence-electron chi connectivity index (χ4n) is 11.8. The molecule has 4 aliphatic rings. The minimum absolute atomic E-state index is 0.0531. The second kappa shape index (κ2) is 15.7. The first kappa shape index (κ1) is 43.5. The number of carbonyl (C=O) groups is 4. The zero-order chi connectivity index (χ0) is 40.1. The minimum Gasteiger partial charge on any atom is -0.462 e. The van der Waals surface area contributed by atoms with Gasteiger partial charge in [0.05, 0.1) is 5.60 Å². The standard InChI is InChI=1S/C45H74O8/c1-26(2)21-36(47)51-32-25-31-30(15-19-44(31,13)45(14)20-16-34-41(8,9)35(46)17-18-43(34,12)39(32)45)29(7)24-33(52-37(48)22-27(3)4)40(42(10,11)50)53-38(49)23-28(5)6/h26-29,32-34,39-40,50H,15-25H2,1-14H3/t29-,32+,33+,34+,39+,40-,43+,44+,45+/m1/s1. The zero-order valence-corrected chi connectivity index (χ0v) is 35.8. The van der Waals surface area contributed by atoms with Crippen LogP contribution in [0.3, 0.4) is 0 Å². The average molecular weight is 743 g/mol. The number of carbonyl (C=O) groups excluding carboxylic acids is 4. The third kappa shape index (κ3) is 8.63. The summed E-state index contributed by atoms with van der Waals surface area (Å²) in [7, 11) is 0. The summed E-state index contributed by atoms with van der Waals surface area (Å²) in [5, 5.41) is 11.4. The van der Waals surface area contributed by atoms with Gasteiger partial charge in [-0.05, 0) is 98.2 Å². The van der Waals surface area contributed by atoms with Gasteiger partial charge >= 0.3 is 17.9 Å². The summed E-state index contributed by atoms with van der Waals surface area (Å²) in [4.78, 5) is 53.2. The molecule has 0 aromatic carbocycles. The van der Waals surface area contributed by atoms with E-state index in [0.717, 1.165) is 32.1 Å². The monoisotopic (exact) mass is 743 g/mol. The predicted octanol–water partition coefficient (Wildman–Crippen LogP) is 9.59. The Labute approximate surface area is 321 Å². The van der Waals surface area contributed by atoms with Gasteiger partial charge in [0.1, 0.15) is 18.0 Å². The fraction of sp³-hybridized carbons (Fsp3) is 0.867. The van der Waals surface area contributed by atoms with Crippen molar-refractivity contribution in [3.63, 3.8) is 0 Å². The maximum absolute atomic E-state index is 13.6.